The van der Waals surface area contributed by atoms with Crippen LogP contribution in [0.4, 0.5) is 0 Å². The Morgan fingerprint density at radius 2 is 1.15 bits per heavy atom. The minimum Gasteiger partial charge on any atom is -0.361 e. The fourth-order valence-electron chi connectivity index (χ4n) is 1.95. The minimum atomic E-state index is 0.358. The molecule has 0 bridgehead atoms. The molecule has 0 saturated carbocycles. The summed E-state index contributed by atoms with van der Waals surface area (Å²) in [7, 11) is 0. The van der Waals surface area contributed by atoms with E-state index in [0.717, 1.165) is 0 Å². The third-order valence-corrected chi connectivity index (χ3v) is 2.83. The molecule has 4 atom stereocenters. The van der Waals surface area contributed by atoms with Crippen LogP contribution in [0.5, 0.6) is 0 Å². The fourth-order valence-corrected chi connectivity index (χ4v) is 1.95. The Morgan fingerprint density at radius 3 is 1.69 bits per heavy atom. The summed E-state index contributed by atoms with van der Waals surface area (Å²) < 4.78 is 5.42. The van der Waals surface area contributed by atoms with Gasteiger partial charge in [0.2, 0.25) is 0 Å². The lowest BCUT2D eigenvalue weighted by Crippen LogP contribution is -2.09. The standard InChI is InChI=1S/C12H12O/c1-2-4-10-6-8-12-11(13-12)7-5-9(10)3-1/h1-12H/b7-5-,8-6-/t9-,10?,11-,12+/m0/s1. The van der Waals surface area contributed by atoms with Gasteiger partial charge >= 0.3 is 0 Å². The SMILES string of the molecule is C1=CC2/C=C\[C@H]3O[C@H]3/C=C\[C@@H]2C=C1. The highest BCUT2D eigenvalue weighted by molar-refractivity contribution is 5.27. The first-order chi connectivity index (χ1) is 6.43. The Hall–Kier alpha value is -1.08. The molecule has 0 N–H and O–H groups in total. The quantitative estimate of drug-likeness (QED) is 0.403. The van der Waals surface area contributed by atoms with Crippen LogP contribution in [-0.4, -0.2) is 12.2 Å². The molecule has 1 saturated heterocycles. The number of allylic oxidation sites excluding steroid dienone is 6. The first-order valence-electron chi connectivity index (χ1n) is 4.80. The van der Waals surface area contributed by atoms with E-state index < -0.39 is 0 Å². The van der Waals surface area contributed by atoms with Crippen LogP contribution >= 0.6 is 0 Å². The van der Waals surface area contributed by atoms with Gasteiger partial charge in [0.05, 0.1) is 0 Å². The number of epoxide rings is 1. The molecule has 1 nitrogen and oxygen atoms in total. The summed E-state index contributed by atoms with van der Waals surface area (Å²) in [4.78, 5) is 0. The zero-order chi connectivity index (χ0) is 8.67. The zero-order valence-electron chi connectivity index (χ0n) is 7.34. The van der Waals surface area contributed by atoms with E-state index in [0.29, 0.717) is 24.0 Å². The summed E-state index contributed by atoms with van der Waals surface area (Å²) in [6, 6.07) is 0. The third kappa shape index (κ3) is 1.29. The molecular formula is C12H12O. The molecule has 2 aliphatic carbocycles. The van der Waals surface area contributed by atoms with Gasteiger partial charge in [-0.25, -0.2) is 0 Å². The number of hydrogen-bond acceptors (Lipinski definition) is 1. The highest BCUT2D eigenvalue weighted by Crippen LogP contribution is 2.31. The predicted octanol–water partition coefficient (Wildman–Crippen LogP) is 2.24. The van der Waals surface area contributed by atoms with Crippen LogP contribution in [0, 0.1) is 11.8 Å². The minimum absolute atomic E-state index is 0.358. The number of ether oxygens (including phenoxy) is 1. The highest BCUT2D eigenvalue weighted by Gasteiger charge is 2.35. The van der Waals surface area contributed by atoms with Crippen molar-refractivity contribution in [3.8, 4) is 0 Å². The van der Waals surface area contributed by atoms with Gasteiger partial charge in [0, 0.05) is 11.8 Å². The van der Waals surface area contributed by atoms with Crippen molar-refractivity contribution in [1.29, 1.82) is 0 Å². The summed E-state index contributed by atoms with van der Waals surface area (Å²) in [5, 5.41) is 0. The van der Waals surface area contributed by atoms with Gasteiger partial charge in [0.15, 0.2) is 0 Å². The molecule has 1 aliphatic heterocycles. The zero-order valence-corrected chi connectivity index (χ0v) is 7.34. The predicted molar refractivity (Wildman–Crippen MR) is 52.2 cm³/mol. The molecule has 1 heterocycles. The van der Waals surface area contributed by atoms with E-state index in [2.05, 4.69) is 48.6 Å². The maximum atomic E-state index is 5.42. The summed E-state index contributed by atoms with van der Waals surface area (Å²) >= 11 is 0. The van der Waals surface area contributed by atoms with Crippen LogP contribution in [0.15, 0.2) is 48.6 Å². The van der Waals surface area contributed by atoms with Crippen LogP contribution < -0.4 is 0 Å². The molecule has 0 aromatic carbocycles. The lowest BCUT2D eigenvalue weighted by atomic mass is 9.86. The summed E-state index contributed by atoms with van der Waals surface area (Å²) in [6.45, 7) is 0. The van der Waals surface area contributed by atoms with Gasteiger partial charge in [-0.15, -0.1) is 0 Å². The summed E-state index contributed by atoms with van der Waals surface area (Å²) in [5.41, 5.74) is 0. The topological polar surface area (TPSA) is 12.5 Å². The Kier molecular flexibility index (Phi) is 1.53. The van der Waals surface area contributed by atoms with Crippen LogP contribution in [0.25, 0.3) is 0 Å². The van der Waals surface area contributed by atoms with Crippen molar-refractivity contribution in [2.75, 3.05) is 0 Å². The van der Waals surface area contributed by atoms with E-state index in [-0.39, 0.29) is 0 Å². The normalized spacial score (nSPS) is 49.8. The second-order valence-corrected chi connectivity index (χ2v) is 3.76. The molecule has 0 radical (unpaired) electrons. The maximum Gasteiger partial charge on any atom is 0.106 e. The Balaban J connectivity index is 1.91. The van der Waals surface area contributed by atoms with Crippen molar-refractivity contribution >= 4 is 0 Å². The maximum absolute atomic E-state index is 5.42. The van der Waals surface area contributed by atoms with Crippen LogP contribution in [0.1, 0.15) is 0 Å². The van der Waals surface area contributed by atoms with Crippen LogP contribution in [0.3, 0.4) is 0 Å². The lowest BCUT2D eigenvalue weighted by Gasteiger charge is -2.18. The van der Waals surface area contributed by atoms with Gasteiger partial charge in [-0.2, -0.15) is 0 Å². The summed E-state index contributed by atoms with van der Waals surface area (Å²) in [6.07, 6.45) is 18.3. The molecule has 0 amide bonds. The van der Waals surface area contributed by atoms with Crippen molar-refractivity contribution in [2.24, 2.45) is 11.8 Å². The molecule has 66 valence electrons. The van der Waals surface area contributed by atoms with Crippen molar-refractivity contribution < 1.29 is 4.74 Å². The van der Waals surface area contributed by atoms with E-state index in [1.165, 1.54) is 0 Å². The molecule has 1 fully saturated rings. The van der Waals surface area contributed by atoms with E-state index in [9.17, 15) is 0 Å². The monoisotopic (exact) mass is 172 g/mol. The molecule has 1 unspecified atom stereocenters. The number of rotatable bonds is 0. The molecule has 3 rings (SSSR count). The molecule has 0 aromatic heterocycles. The smallest absolute Gasteiger partial charge is 0.106 e. The molecule has 0 aromatic rings. The van der Waals surface area contributed by atoms with Gasteiger partial charge in [-0.3, -0.25) is 0 Å². The summed E-state index contributed by atoms with van der Waals surface area (Å²) in [5.74, 6) is 1.07. The van der Waals surface area contributed by atoms with E-state index >= 15 is 0 Å². The third-order valence-electron chi connectivity index (χ3n) is 2.83. The van der Waals surface area contributed by atoms with Gasteiger partial charge < -0.3 is 4.74 Å². The number of fused-ring (bicyclic) bond motifs is 2. The average molecular weight is 172 g/mol. The molecule has 13 heavy (non-hydrogen) atoms. The van der Waals surface area contributed by atoms with Crippen molar-refractivity contribution in [1.82, 2.24) is 0 Å². The van der Waals surface area contributed by atoms with Gasteiger partial charge in [-0.05, 0) is 0 Å². The lowest BCUT2D eigenvalue weighted by molar-refractivity contribution is 0.413. The highest BCUT2D eigenvalue weighted by atomic mass is 16.6. The Labute approximate surface area is 78.1 Å². The second-order valence-electron chi connectivity index (χ2n) is 3.76. The fraction of sp³-hybridized carbons (Fsp3) is 0.333. The van der Waals surface area contributed by atoms with Gasteiger partial charge in [-0.1, -0.05) is 48.6 Å². The van der Waals surface area contributed by atoms with Gasteiger partial charge in [0.25, 0.3) is 0 Å². The molecular weight excluding hydrogens is 160 g/mol. The van der Waals surface area contributed by atoms with Crippen LogP contribution in [-0.2, 0) is 4.74 Å². The van der Waals surface area contributed by atoms with Crippen molar-refractivity contribution in [3.63, 3.8) is 0 Å². The second kappa shape index (κ2) is 2.71. The van der Waals surface area contributed by atoms with Crippen molar-refractivity contribution in [3.05, 3.63) is 48.6 Å². The first-order valence-corrected chi connectivity index (χ1v) is 4.80. The van der Waals surface area contributed by atoms with Gasteiger partial charge in [0.1, 0.15) is 12.2 Å². The first kappa shape index (κ1) is 7.34. The van der Waals surface area contributed by atoms with E-state index in [1.807, 2.05) is 0 Å². The number of hydrogen-bond donors (Lipinski definition) is 0. The average Bonchev–Trinajstić information content (AvgIpc) is 2.87. The molecule has 0 spiro atoms. The Bertz CT molecular complexity index is 290. The van der Waals surface area contributed by atoms with E-state index in [4.69, 9.17) is 4.74 Å². The van der Waals surface area contributed by atoms with Crippen molar-refractivity contribution in [2.45, 2.75) is 12.2 Å². The largest absolute Gasteiger partial charge is 0.361 e. The van der Waals surface area contributed by atoms with Crippen LogP contribution in [0.2, 0.25) is 0 Å². The Morgan fingerprint density at radius 1 is 0.615 bits per heavy atom. The van der Waals surface area contributed by atoms with E-state index in [1.54, 1.807) is 0 Å². The molecule has 3 aliphatic rings. The molecule has 1 heteroatoms.